The van der Waals surface area contributed by atoms with Gasteiger partial charge in [0.1, 0.15) is 10.9 Å². The van der Waals surface area contributed by atoms with Crippen LogP contribution in [0.1, 0.15) is 29.3 Å². The summed E-state index contributed by atoms with van der Waals surface area (Å²) in [4.78, 5) is 29.9. The van der Waals surface area contributed by atoms with Crippen molar-refractivity contribution < 1.29 is 9.21 Å². The molecule has 0 saturated carbocycles. The largest absolute Gasteiger partial charge is 0.406 e. The molecule has 0 bridgehead atoms. The van der Waals surface area contributed by atoms with Crippen molar-refractivity contribution in [2.24, 2.45) is 0 Å². The average molecular weight is 381 g/mol. The maximum absolute atomic E-state index is 12.0. The normalized spacial score (nSPS) is 12.8. The van der Waals surface area contributed by atoms with Gasteiger partial charge in [0.15, 0.2) is 0 Å². The van der Waals surface area contributed by atoms with E-state index in [0.717, 1.165) is 10.4 Å². The van der Waals surface area contributed by atoms with Crippen LogP contribution in [0, 0.1) is 6.92 Å². The molecule has 3 aromatic heterocycles. The Bertz CT molecular complexity index is 987. The molecule has 1 N–H and O–H groups in total. The minimum absolute atomic E-state index is 0.190. The summed E-state index contributed by atoms with van der Waals surface area (Å²) in [7, 11) is 0. The van der Waals surface area contributed by atoms with Gasteiger partial charge >= 0.3 is 5.63 Å². The van der Waals surface area contributed by atoms with Crippen LogP contribution in [-0.4, -0.2) is 10.9 Å². The van der Waals surface area contributed by atoms with E-state index in [1.807, 2.05) is 18.4 Å². The van der Waals surface area contributed by atoms with E-state index in [4.69, 9.17) is 16.0 Å². The highest BCUT2D eigenvalue weighted by Crippen LogP contribution is 2.23. The first kappa shape index (κ1) is 16.9. The number of nitrogens with one attached hydrogen (secondary N) is 1. The molecule has 0 fully saturated rings. The van der Waals surface area contributed by atoms with Gasteiger partial charge in [0.05, 0.1) is 9.72 Å². The summed E-state index contributed by atoms with van der Waals surface area (Å²) >= 11 is 8.60. The standard InChI is InChI=1S/C16H13ClN2O3S2/c1-8-7-23-15-13(8)16(21)22-14(19-15)9(2)18-12(20)6-4-10-3-5-11(17)24-10/h3-7,9H,1-2H3,(H,18,20)/b6-4+. The van der Waals surface area contributed by atoms with Crippen LogP contribution in [0.2, 0.25) is 4.34 Å². The number of hydrogen-bond donors (Lipinski definition) is 1. The number of aromatic nitrogens is 1. The smallest absolute Gasteiger partial charge is 0.348 e. The predicted molar refractivity (Wildman–Crippen MR) is 97.8 cm³/mol. The van der Waals surface area contributed by atoms with Gasteiger partial charge in [-0.1, -0.05) is 11.6 Å². The number of nitrogens with zero attached hydrogens (tertiary/aromatic N) is 1. The van der Waals surface area contributed by atoms with E-state index in [-0.39, 0.29) is 11.8 Å². The highest BCUT2D eigenvalue weighted by atomic mass is 35.5. The zero-order valence-electron chi connectivity index (χ0n) is 12.8. The molecule has 8 heteroatoms. The lowest BCUT2D eigenvalue weighted by Gasteiger charge is -2.10. The summed E-state index contributed by atoms with van der Waals surface area (Å²) in [6.45, 7) is 3.55. The molecule has 0 aromatic carbocycles. The molecule has 0 spiro atoms. The molecule has 124 valence electrons. The fourth-order valence-corrected chi connectivity index (χ4v) is 3.99. The number of carbonyl (C=O) groups excluding carboxylic acids is 1. The third kappa shape index (κ3) is 3.58. The minimum atomic E-state index is -0.520. The molecule has 3 heterocycles. The lowest BCUT2D eigenvalue weighted by atomic mass is 10.2. The highest BCUT2D eigenvalue weighted by molar-refractivity contribution is 7.17. The van der Waals surface area contributed by atoms with Crippen LogP contribution in [0.4, 0.5) is 0 Å². The molecule has 1 amide bonds. The molecule has 0 aliphatic rings. The number of hydrogen-bond acceptors (Lipinski definition) is 6. The number of amides is 1. The lowest BCUT2D eigenvalue weighted by Crippen LogP contribution is -2.26. The van der Waals surface area contributed by atoms with E-state index in [9.17, 15) is 9.59 Å². The number of fused-ring (bicyclic) bond motifs is 1. The second-order valence-electron chi connectivity index (χ2n) is 5.14. The Balaban J connectivity index is 1.74. The fraction of sp³-hybridized carbons (Fsp3) is 0.188. The Labute approximate surface area is 150 Å². The van der Waals surface area contributed by atoms with Gasteiger partial charge in [-0.3, -0.25) is 4.79 Å². The molecule has 0 aliphatic heterocycles. The van der Waals surface area contributed by atoms with Gasteiger partial charge < -0.3 is 9.73 Å². The topological polar surface area (TPSA) is 72.2 Å². The predicted octanol–water partition coefficient (Wildman–Crippen LogP) is 4.16. The van der Waals surface area contributed by atoms with Crippen LogP contribution in [0.3, 0.4) is 0 Å². The van der Waals surface area contributed by atoms with E-state index >= 15 is 0 Å². The van der Waals surface area contributed by atoms with Crippen LogP contribution in [0.15, 0.2) is 32.8 Å². The van der Waals surface area contributed by atoms with Crippen molar-refractivity contribution in [3.8, 4) is 0 Å². The van der Waals surface area contributed by atoms with Crippen molar-refractivity contribution in [1.82, 2.24) is 10.3 Å². The van der Waals surface area contributed by atoms with Crippen LogP contribution in [0.25, 0.3) is 16.3 Å². The monoisotopic (exact) mass is 380 g/mol. The first-order chi connectivity index (χ1) is 11.4. The number of aryl methyl sites for hydroxylation is 1. The summed E-state index contributed by atoms with van der Waals surface area (Å²) in [5.74, 6) is -0.116. The highest BCUT2D eigenvalue weighted by Gasteiger charge is 2.16. The molecule has 1 atom stereocenters. The van der Waals surface area contributed by atoms with Crippen molar-refractivity contribution in [2.45, 2.75) is 19.9 Å². The molecular weight excluding hydrogens is 368 g/mol. The first-order valence-electron chi connectivity index (χ1n) is 7.07. The van der Waals surface area contributed by atoms with Crippen LogP contribution in [-0.2, 0) is 4.79 Å². The van der Waals surface area contributed by atoms with Crippen molar-refractivity contribution >= 4 is 56.5 Å². The summed E-state index contributed by atoms with van der Waals surface area (Å²) in [5, 5.41) is 5.08. The Hall–Kier alpha value is -1.96. The summed E-state index contributed by atoms with van der Waals surface area (Å²) in [5.41, 5.74) is 0.413. The maximum atomic E-state index is 12.0. The molecule has 0 saturated heterocycles. The van der Waals surface area contributed by atoms with E-state index in [0.29, 0.717) is 14.6 Å². The third-order valence-corrected chi connectivity index (χ3v) is 5.48. The van der Waals surface area contributed by atoms with Gasteiger partial charge in [0.2, 0.25) is 11.8 Å². The molecule has 0 aliphatic carbocycles. The maximum Gasteiger partial charge on any atom is 0.348 e. The molecular formula is C16H13ClN2O3S2. The summed E-state index contributed by atoms with van der Waals surface area (Å²) < 4.78 is 5.91. The Morgan fingerprint density at radius 3 is 2.96 bits per heavy atom. The minimum Gasteiger partial charge on any atom is -0.406 e. The van der Waals surface area contributed by atoms with Gasteiger partial charge in [-0.05, 0) is 43.0 Å². The van der Waals surface area contributed by atoms with Gasteiger partial charge in [-0.2, -0.15) is 0 Å². The van der Waals surface area contributed by atoms with Crippen LogP contribution < -0.4 is 10.9 Å². The van der Waals surface area contributed by atoms with E-state index < -0.39 is 11.7 Å². The zero-order chi connectivity index (χ0) is 17.3. The average Bonchev–Trinajstić information content (AvgIpc) is 3.11. The molecule has 3 rings (SSSR count). The SMILES string of the molecule is Cc1csc2nc(C(C)NC(=O)/C=C/c3ccc(Cl)s3)oc(=O)c12. The molecule has 0 radical (unpaired) electrons. The van der Waals surface area contributed by atoms with Crippen LogP contribution in [0.5, 0.6) is 0 Å². The summed E-state index contributed by atoms with van der Waals surface area (Å²) in [6.07, 6.45) is 3.08. The fourth-order valence-electron chi connectivity index (χ4n) is 2.11. The van der Waals surface area contributed by atoms with Gasteiger partial charge in [0, 0.05) is 11.0 Å². The molecule has 1 unspecified atom stereocenters. The van der Waals surface area contributed by atoms with Gasteiger partial charge in [-0.25, -0.2) is 9.78 Å². The van der Waals surface area contributed by atoms with Crippen molar-refractivity contribution in [2.75, 3.05) is 0 Å². The number of carbonyl (C=O) groups is 1. The van der Waals surface area contributed by atoms with Gasteiger partial charge in [-0.15, -0.1) is 22.7 Å². The third-order valence-electron chi connectivity index (χ3n) is 3.29. The lowest BCUT2D eigenvalue weighted by molar-refractivity contribution is -0.117. The number of halogens is 1. The van der Waals surface area contributed by atoms with E-state index in [2.05, 4.69) is 10.3 Å². The van der Waals surface area contributed by atoms with Gasteiger partial charge in [0.25, 0.3) is 0 Å². The Morgan fingerprint density at radius 1 is 1.46 bits per heavy atom. The first-order valence-corrected chi connectivity index (χ1v) is 9.14. The van der Waals surface area contributed by atoms with E-state index in [1.165, 1.54) is 28.7 Å². The number of thiophene rings is 2. The second kappa shape index (κ2) is 6.88. The summed E-state index contributed by atoms with van der Waals surface area (Å²) in [6, 6.07) is 3.07. The Morgan fingerprint density at radius 2 is 2.25 bits per heavy atom. The second-order valence-corrected chi connectivity index (χ2v) is 7.75. The molecule has 5 nitrogen and oxygen atoms in total. The zero-order valence-corrected chi connectivity index (χ0v) is 15.2. The van der Waals surface area contributed by atoms with Crippen LogP contribution >= 0.6 is 34.3 Å². The number of rotatable bonds is 4. The van der Waals surface area contributed by atoms with Crippen molar-refractivity contribution in [3.05, 3.63) is 54.7 Å². The van der Waals surface area contributed by atoms with E-state index in [1.54, 1.807) is 19.1 Å². The Kier molecular flexibility index (Phi) is 4.84. The van der Waals surface area contributed by atoms with Crippen molar-refractivity contribution in [1.29, 1.82) is 0 Å². The molecule has 24 heavy (non-hydrogen) atoms. The quantitative estimate of drug-likeness (QED) is 0.689. The molecule has 3 aromatic rings. The van der Waals surface area contributed by atoms with Crippen molar-refractivity contribution in [3.63, 3.8) is 0 Å².